The van der Waals surface area contributed by atoms with E-state index in [1.807, 2.05) is 19.9 Å². The maximum Gasteiger partial charge on any atom is 1.00 e. The molecule has 1 aromatic rings. The van der Waals surface area contributed by atoms with Crippen LogP contribution in [0.1, 0.15) is 13.8 Å². The van der Waals surface area contributed by atoms with Crippen LogP contribution in [0, 0.1) is 5.92 Å². The van der Waals surface area contributed by atoms with Crippen molar-refractivity contribution in [1.29, 1.82) is 0 Å². The first kappa shape index (κ1) is 15.5. The summed E-state index contributed by atoms with van der Waals surface area (Å²) in [4.78, 5) is 6.88. The van der Waals surface area contributed by atoms with E-state index in [0.29, 0.717) is 10.0 Å². The van der Waals surface area contributed by atoms with Crippen molar-refractivity contribution in [3.63, 3.8) is 0 Å². The zero-order valence-corrected chi connectivity index (χ0v) is 13.8. The van der Waals surface area contributed by atoms with Gasteiger partial charge in [0.15, 0.2) is 0 Å². The first-order valence-corrected chi connectivity index (χ1v) is 5.97. The van der Waals surface area contributed by atoms with Crippen LogP contribution in [0.25, 0.3) is 0 Å². The third-order valence-corrected chi connectivity index (χ3v) is 3.73. The van der Waals surface area contributed by atoms with Gasteiger partial charge in [0.2, 0.25) is 0 Å². The number of anilines is 1. The third kappa shape index (κ3) is 3.46. The summed E-state index contributed by atoms with van der Waals surface area (Å²) in [6, 6.07) is 3.66. The molecule has 88 valence electrons. The number of hydrogen-bond donors (Lipinski definition) is 1. The van der Waals surface area contributed by atoms with Crippen LogP contribution in [0.4, 0.5) is 5.82 Å². The minimum absolute atomic E-state index is 0. The number of nitrogens with zero attached hydrogens (tertiary/aromatic N) is 2. The molecule has 0 amide bonds. The number of aliphatic hydroxyl groups is 1. The summed E-state index contributed by atoms with van der Waals surface area (Å²) in [7, 11) is 0. The van der Waals surface area contributed by atoms with Gasteiger partial charge in [-0.05, 0) is 19.9 Å². The zero-order chi connectivity index (χ0) is 11.9. The molecular formula is C11H14ClN2NaOS. The molecule has 0 atom stereocenters. The molecule has 1 aliphatic heterocycles. The van der Waals surface area contributed by atoms with Gasteiger partial charge in [0.1, 0.15) is 11.0 Å². The van der Waals surface area contributed by atoms with E-state index >= 15 is 0 Å². The average molecular weight is 281 g/mol. The summed E-state index contributed by atoms with van der Waals surface area (Å²) in [5.74, 6) is 1.12. The number of rotatable bonds is 2. The average Bonchev–Trinajstić information content (AvgIpc) is 2.06. The Bertz CT molecular complexity index is 405. The van der Waals surface area contributed by atoms with Gasteiger partial charge in [-0.15, -0.1) is 4.90 Å². The number of halogens is 1. The van der Waals surface area contributed by atoms with Crippen molar-refractivity contribution in [2.45, 2.75) is 24.3 Å². The summed E-state index contributed by atoms with van der Waals surface area (Å²) in [5, 5.41) is 10.2. The van der Waals surface area contributed by atoms with Crippen molar-refractivity contribution in [1.82, 2.24) is 4.98 Å². The topological polar surface area (TPSA) is 36.4 Å². The van der Waals surface area contributed by atoms with Crippen LogP contribution in [-0.2, 0) is 12.6 Å². The molecule has 1 aromatic heterocycles. The van der Waals surface area contributed by atoms with Gasteiger partial charge >= 0.3 is 29.6 Å². The van der Waals surface area contributed by atoms with E-state index in [9.17, 15) is 5.11 Å². The molecule has 2 rings (SSSR count). The molecule has 3 nitrogen and oxygen atoms in total. The normalized spacial score (nSPS) is 16.4. The van der Waals surface area contributed by atoms with E-state index in [4.69, 9.17) is 24.2 Å². The maximum absolute atomic E-state index is 9.81. The van der Waals surface area contributed by atoms with Gasteiger partial charge in [0.25, 0.3) is 0 Å². The Balaban J connectivity index is 0.00000144. The molecular weight excluding hydrogens is 267 g/mol. The molecule has 6 heteroatoms. The van der Waals surface area contributed by atoms with Crippen LogP contribution in [0.15, 0.2) is 17.0 Å². The molecule has 1 N–H and O–H groups in total. The molecule has 0 radical (unpaired) electrons. The first-order chi connectivity index (χ1) is 7.38. The van der Waals surface area contributed by atoms with Gasteiger partial charge in [-0.25, -0.2) is 4.98 Å². The van der Waals surface area contributed by atoms with E-state index in [1.54, 1.807) is 6.07 Å². The second-order valence-corrected chi connectivity index (χ2v) is 5.51. The van der Waals surface area contributed by atoms with Gasteiger partial charge < -0.3 is 22.6 Å². The smallest absolute Gasteiger partial charge is 0.777 e. The Morgan fingerprint density at radius 2 is 2.06 bits per heavy atom. The molecule has 17 heavy (non-hydrogen) atoms. The minimum Gasteiger partial charge on any atom is -0.777 e. The Kier molecular flexibility index (Phi) is 5.09. The van der Waals surface area contributed by atoms with Crippen molar-refractivity contribution < 1.29 is 34.7 Å². The predicted octanol–water partition coefficient (Wildman–Crippen LogP) is -1.15. The van der Waals surface area contributed by atoms with Crippen molar-refractivity contribution >= 4 is 30.0 Å². The van der Waals surface area contributed by atoms with Crippen molar-refractivity contribution in [3.05, 3.63) is 17.3 Å². The van der Waals surface area contributed by atoms with Crippen molar-refractivity contribution in [2.75, 3.05) is 18.0 Å². The van der Waals surface area contributed by atoms with Crippen LogP contribution in [0.2, 0.25) is 5.15 Å². The third-order valence-electron chi connectivity index (χ3n) is 3.00. The SMILES string of the molecule is CC(C)(O)C1CN(c2ccc([S-])c(Cl)n2)C1.[Na+]. The fourth-order valence-electron chi connectivity index (χ4n) is 1.70. The molecule has 0 spiro atoms. The van der Waals surface area contributed by atoms with E-state index < -0.39 is 5.60 Å². The van der Waals surface area contributed by atoms with Crippen molar-refractivity contribution in [3.8, 4) is 0 Å². The Morgan fingerprint density at radius 1 is 1.47 bits per heavy atom. The van der Waals surface area contributed by atoms with Crippen molar-refractivity contribution in [2.24, 2.45) is 5.92 Å². The number of pyridine rings is 1. The standard InChI is InChI=1S/C11H15ClN2OS.Na/c1-11(2,15)7-5-14(6-7)9-4-3-8(16)10(12)13-9;/h3-4,7,15-16H,5-6H2,1-2H3;/q;+1/p-1. The fourth-order valence-corrected chi connectivity index (χ4v) is 1.96. The molecule has 0 aliphatic carbocycles. The van der Waals surface area contributed by atoms with Gasteiger partial charge in [-0.3, -0.25) is 0 Å². The van der Waals surface area contributed by atoms with Crippen LogP contribution >= 0.6 is 11.6 Å². The molecule has 0 unspecified atom stereocenters. The summed E-state index contributed by atoms with van der Waals surface area (Å²) >= 11 is 10.9. The van der Waals surface area contributed by atoms with Gasteiger partial charge in [0.05, 0.1) is 5.60 Å². The van der Waals surface area contributed by atoms with E-state index in [1.165, 1.54) is 0 Å². The summed E-state index contributed by atoms with van der Waals surface area (Å²) < 4.78 is 0. The zero-order valence-electron chi connectivity index (χ0n) is 10.3. The summed E-state index contributed by atoms with van der Waals surface area (Å²) in [5.41, 5.74) is -0.627. The summed E-state index contributed by atoms with van der Waals surface area (Å²) in [6.45, 7) is 5.29. The fraction of sp³-hybridized carbons (Fsp3) is 0.545. The molecule has 0 bridgehead atoms. The Hall–Kier alpha value is 0.420. The molecule has 0 saturated carbocycles. The van der Waals surface area contributed by atoms with Crippen LogP contribution in [0.5, 0.6) is 0 Å². The molecule has 2 heterocycles. The van der Waals surface area contributed by atoms with Crippen LogP contribution < -0.4 is 34.5 Å². The van der Waals surface area contributed by atoms with E-state index in [2.05, 4.69) is 9.88 Å². The largest absolute Gasteiger partial charge is 1.00 e. The molecule has 0 aromatic carbocycles. The van der Waals surface area contributed by atoms with E-state index in [0.717, 1.165) is 18.9 Å². The molecule has 1 fully saturated rings. The van der Waals surface area contributed by atoms with Gasteiger partial charge in [-0.1, -0.05) is 17.7 Å². The molecule has 1 saturated heterocycles. The summed E-state index contributed by atoms with van der Waals surface area (Å²) in [6.07, 6.45) is 0. The number of aromatic nitrogens is 1. The maximum atomic E-state index is 9.81. The van der Waals surface area contributed by atoms with Crippen LogP contribution in [0.3, 0.4) is 0 Å². The predicted molar refractivity (Wildman–Crippen MR) is 66.9 cm³/mol. The minimum atomic E-state index is -0.627. The quantitative estimate of drug-likeness (QED) is 0.422. The van der Waals surface area contributed by atoms with E-state index in [-0.39, 0.29) is 35.5 Å². The van der Waals surface area contributed by atoms with Gasteiger partial charge in [-0.2, -0.15) is 0 Å². The Morgan fingerprint density at radius 3 is 2.53 bits per heavy atom. The van der Waals surface area contributed by atoms with Gasteiger partial charge in [0, 0.05) is 19.0 Å². The second kappa shape index (κ2) is 5.59. The number of hydrogen-bond acceptors (Lipinski definition) is 4. The Labute approximate surface area is 134 Å². The second-order valence-electron chi connectivity index (χ2n) is 4.71. The monoisotopic (exact) mass is 280 g/mol. The molecule has 1 aliphatic rings. The first-order valence-electron chi connectivity index (χ1n) is 5.19. The van der Waals surface area contributed by atoms with Crippen LogP contribution in [-0.4, -0.2) is 28.8 Å².